The fourth-order valence-electron chi connectivity index (χ4n) is 2.12. The lowest BCUT2D eigenvalue weighted by Crippen LogP contribution is -2.39. The number of rotatable bonds is 5. The Morgan fingerprint density at radius 1 is 1.47 bits per heavy atom. The summed E-state index contributed by atoms with van der Waals surface area (Å²) in [6.45, 7) is 4.64. The van der Waals surface area contributed by atoms with Crippen molar-refractivity contribution in [3.63, 3.8) is 0 Å². The number of anilines is 1. The van der Waals surface area contributed by atoms with Gasteiger partial charge in [0.2, 0.25) is 5.95 Å². The second-order valence-corrected chi connectivity index (χ2v) is 4.52. The third kappa shape index (κ3) is 3.38. The molecule has 2 N–H and O–H groups in total. The molecule has 1 aliphatic heterocycles. The Bertz CT molecular complexity index is 335. The number of nitrogens with zero attached hydrogens (tertiary/aromatic N) is 3. The van der Waals surface area contributed by atoms with Gasteiger partial charge >= 0.3 is 0 Å². The number of aromatic nitrogens is 2. The molecule has 0 bridgehead atoms. The number of aryl methyl sites for hydroxylation is 1. The molecular weight excluding hydrogens is 216 g/mol. The minimum absolute atomic E-state index is 0.129. The topological polar surface area (TPSA) is 61.3 Å². The van der Waals surface area contributed by atoms with Crippen LogP contribution in [0.1, 0.15) is 18.4 Å². The zero-order valence-electron chi connectivity index (χ0n) is 10.3. The quantitative estimate of drug-likeness (QED) is 0.772. The average Bonchev–Trinajstić information content (AvgIpc) is 2.82. The summed E-state index contributed by atoms with van der Waals surface area (Å²) in [5, 5.41) is 12.6. The normalized spacial score (nSPS) is 19.5. The van der Waals surface area contributed by atoms with E-state index in [1.165, 1.54) is 12.8 Å². The second kappa shape index (κ2) is 5.93. The van der Waals surface area contributed by atoms with E-state index in [-0.39, 0.29) is 6.61 Å². The monoisotopic (exact) mass is 236 g/mol. The molecule has 0 radical (unpaired) electrons. The minimum atomic E-state index is 0.129. The van der Waals surface area contributed by atoms with Crippen molar-refractivity contribution >= 4 is 5.95 Å². The highest BCUT2D eigenvalue weighted by Crippen LogP contribution is 2.11. The van der Waals surface area contributed by atoms with Gasteiger partial charge in [0.05, 0.1) is 6.61 Å². The summed E-state index contributed by atoms with van der Waals surface area (Å²) >= 11 is 0. The highest BCUT2D eigenvalue weighted by atomic mass is 16.3. The summed E-state index contributed by atoms with van der Waals surface area (Å²) in [4.78, 5) is 10.7. The van der Waals surface area contributed by atoms with E-state index < -0.39 is 0 Å². The lowest BCUT2D eigenvalue weighted by atomic mass is 10.2. The molecule has 0 saturated carbocycles. The zero-order valence-corrected chi connectivity index (χ0v) is 10.3. The molecule has 0 aliphatic carbocycles. The van der Waals surface area contributed by atoms with Gasteiger partial charge < -0.3 is 15.3 Å². The highest BCUT2D eigenvalue weighted by Gasteiger charge is 2.19. The average molecular weight is 236 g/mol. The van der Waals surface area contributed by atoms with Crippen molar-refractivity contribution in [1.29, 1.82) is 0 Å². The molecule has 94 valence electrons. The van der Waals surface area contributed by atoms with Crippen LogP contribution in [0.3, 0.4) is 0 Å². The van der Waals surface area contributed by atoms with Crippen molar-refractivity contribution in [3.8, 4) is 0 Å². The molecule has 1 atom stereocenters. The maximum absolute atomic E-state index is 9.11. The molecule has 1 aromatic heterocycles. The van der Waals surface area contributed by atoms with Gasteiger partial charge in [0.15, 0.2) is 0 Å². The number of hydrogen-bond acceptors (Lipinski definition) is 5. The number of hydrogen-bond donors (Lipinski definition) is 2. The first-order valence-corrected chi connectivity index (χ1v) is 6.17. The Morgan fingerprint density at radius 3 is 2.82 bits per heavy atom. The lowest BCUT2D eigenvalue weighted by molar-refractivity contribution is 0.299. The molecule has 1 aromatic rings. The predicted octanol–water partition coefficient (Wildman–Crippen LogP) is 0.336. The van der Waals surface area contributed by atoms with Crippen molar-refractivity contribution in [1.82, 2.24) is 15.3 Å². The second-order valence-electron chi connectivity index (χ2n) is 4.52. The van der Waals surface area contributed by atoms with Crippen molar-refractivity contribution < 1.29 is 5.11 Å². The van der Waals surface area contributed by atoms with Crippen LogP contribution >= 0.6 is 0 Å². The molecule has 1 unspecified atom stereocenters. The maximum atomic E-state index is 9.11. The Balaban J connectivity index is 2.02. The number of aliphatic hydroxyl groups is 1. The summed E-state index contributed by atoms with van der Waals surface area (Å²) in [7, 11) is 0. The molecule has 0 amide bonds. The first kappa shape index (κ1) is 12.3. The van der Waals surface area contributed by atoms with Crippen molar-refractivity contribution in [3.05, 3.63) is 18.0 Å². The maximum Gasteiger partial charge on any atom is 0.225 e. The van der Waals surface area contributed by atoms with Crippen molar-refractivity contribution in [2.45, 2.75) is 25.8 Å². The Kier molecular flexibility index (Phi) is 4.28. The molecule has 2 heterocycles. The minimum Gasteiger partial charge on any atom is -0.395 e. The van der Waals surface area contributed by atoms with Gasteiger partial charge in [-0.25, -0.2) is 9.97 Å². The first-order valence-electron chi connectivity index (χ1n) is 6.17. The smallest absolute Gasteiger partial charge is 0.225 e. The highest BCUT2D eigenvalue weighted by molar-refractivity contribution is 5.30. The predicted molar refractivity (Wildman–Crippen MR) is 67.1 cm³/mol. The fraction of sp³-hybridized carbons (Fsp3) is 0.667. The molecule has 5 heteroatoms. The van der Waals surface area contributed by atoms with Crippen LogP contribution in [0.2, 0.25) is 0 Å². The van der Waals surface area contributed by atoms with Crippen molar-refractivity contribution in [2.75, 3.05) is 31.1 Å². The van der Waals surface area contributed by atoms with Gasteiger partial charge in [-0.3, -0.25) is 0 Å². The van der Waals surface area contributed by atoms with Crippen molar-refractivity contribution in [2.24, 2.45) is 0 Å². The van der Waals surface area contributed by atoms with Gasteiger partial charge in [0, 0.05) is 31.5 Å². The third-order valence-electron chi connectivity index (χ3n) is 3.02. The molecule has 1 aliphatic rings. The third-order valence-corrected chi connectivity index (χ3v) is 3.02. The Hall–Kier alpha value is -1.20. The molecule has 2 rings (SSSR count). The first-order chi connectivity index (χ1) is 8.29. The molecular formula is C12H20N4O. The number of aliphatic hydroxyl groups excluding tert-OH is 1. The van der Waals surface area contributed by atoms with Gasteiger partial charge in [-0.1, -0.05) is 0 Å². The van der Waals surface area contributed by atoms with E-state index in [4.69, 9.17) is 5.11 Å². The van der Waals surface area contributed by atoms with E-state index >= 15 is 0 Å². The standard InChI is InChI=1S/C12H20N4O/c1-10-7-14-12(15-8-10)16(5-6-17)9-11-3-2-4-13-11/h7-8,11,13,17H,2-6,9H2,1H3. The molecule has 1 saturated heterocycles. The van der Waals surface area contributed by atoms with E-state index in [2.05, 4.69) is 15.3 Å². The summed E-state index contributed by atoms with van der Waals surface area (Å²) in [5.74, 6) is 0.707. The molecule has 17 heavy (non-hydrogen) atoms. The molecule has 1 fully saturated rings. The van der Waals surface area contributed by atoms with Crippen LogP contribution in [-0.2, 0) is 0 Å². The van der Waals surface area contributed by atoms with Gasteiger partial charge in [-0.2, -0.15) is 0 Å². The van der Waals surface area contributed by atoms with E-state index in [0.29, 0.717) is 18.5 Å². The van der Waals surface area contributed by atoms with Crippen LogP contribution in [0.5, 0.6) is 0 Å². The van der Waals surface area contributed by atoms with Gasteiger partial charge in [-0.05, 0) is 31.9 Å². The summed E-state index contributed by atoms with van der Waals surface area (Å²) in [6, 6.07) is 0.492. The van der Waals surface area contributed by atoms with Crippen LogP contribution in [0.15, 0.2) is 12.4 Å². The van der Waals surface area contributed by atoms with Crippen LogP contribution in [0.25, 0.3) is 0 Å². The largest absolute Gasteiger partial charge is 0.395 e. The molecule has 0 aromatic carbocycles. The van der Waals surface area contributed by atoms with E-state index in [1.807, 2.05) is 24.2 Å². The van der Waals surface area contributed by atoms with Crippen LogP contribution < -0.4 is 10.2 Å². The van der Waals surface area contributed by atoms with Gasteiger partial charge in [0.1, 0.15) is 0 Å². The molecule has 5 nitrogen and oxygen atoms in total. The summed E-state index contributed by atoms with van der Waals surface area (Å²) < 4.78 is 0. The lowest BCUT2D eigenvalue weighted by Gasteiger charge is -2.25. The van der Waals surface area contributed by atoms with Gasteiger partial charge in [0.25, 0.3) is 0 Å². The van der Waals surface area contributed by atoms with Crippen LogP contribution in [0.4, 0.5) is 5.95 Å². The van der Waals surface area contributed by atoms with E-state index in [9.17, 15) is 0 Å². The Morgan fingerprint density at radius 2 is 2.24 bits per heavy atom. The fourth-order valence-corrected chi connectivity index (χ4v) is 2.12. The van der Waals surface area contributed by atoms with Gasteiger partial charge in [-0.15, -0.1) is 0 Å². The zero-order chi connectivity index (χ0) is 12.1. The van der Waals surface area contributed by atoms with E-state index in [0.717, 1.165) is 18.7 Å². The summed E-state index contributed by atoms with van der Waals surface area (Å²) in [6.07, 6.45) is 6.05. The number of nitrogens with one attached hydrogen (secondary N) is 1. The SMILES string of the molecule is Cc1cnc(N(CCO)CC2CCCN2)nc1. The van der Waals surface area contributed by atoms with E-state index in [1.54, 1.807) is 0 Å². The molecule has 0 spiro atoms. The summed E-state index contributed by atoms with van der Waals surface area (Å²) in [5.41, 5.74) is 1.05. The van der Waals surface area contributed by atoms with Crippen LogP contribution in [0, 0.1) is 6.92 Å². The van der Waals surface area contributed by atoms with Crippen LogP contribution in [-0.4, -0.2) is 47.4 Å². The Labute approximate surface area is 102 Å².